The van der Waals surface area contributed by atoms with E-state index in [0.717, 1.165) is 45.7 Å². The van der Waals surface area contributed by atoms with Crippen molar-refractivity contribution in [1.29, 1.82) is 0 Å². The lowest BCUT2D eigenvalue weighted by Gasteiger charge is -2.24. The standard InChI is InChI=1S/C28H24F2N4O3/c1-33-22-13-21(25-17(27(33)35)3-2-4-23(25)37-28(29)30)34-20-11-14(6-8-19(20)32-26(22)34)15-5-7-16-18(31)9-10-36-24(16)12-15/h2-8,11-12,18,21-22,28H,9-10,13,31H2,1H3/t18-,21+,22+/m0/s1. The van der Waals surface area contributed by atoms with Crippen LogP contribution in [0.4, 0.5) is 8.78 Å². The van der Waals surface area contributed by atoms with E-state index in [1.54, 1.807) is 24.1 Å². The molecule has 0 saturated carbocycles. The lowest BCUT2D eigenvalue weighted by molar-refractivity contribution is -0.0507. The van der Waals surface area contributed by atoms with Gasteiger partial charge in [-0.05, 0) is 41.5 Å². The number of amides is 1. The summed E-state index contributed by atoms with van der Waals surface area (Å²) < 4.78 is 39.5. The molecule has 2 bridgehead atoms. The highest BCUT2D eigenvalue weighted by Crippen LogP contribution is 2.50. The Morgan fingerprint density at radius 1 is 1.11 bits per heavy atom. The van der Waals surface area contributed by atoms with E-state index < -0.39 is 6.61 Å². The molecule has 0 spiro atoms. The molecular formula is C28H24F2N4O3. The Balaban J connectivity index is 1.40. The monoisotopic (exact) mass is 502 g/mol. The van der Waals surface area contributed by atoms with Crippen molar-refractivity contribution in [3.8, 4) is 22.6 Å². The van der Waals surface area contributed by atoms with E-state index in [0.29, 0.717) is 24.2 Å². The summed E-state index contributed by atoms with van der Waals surface area (Å²) in [6.07, 6.45) is 1.32. The Bertz CT molecular complexity index is 1580. The molecule has 37 heavy (non-hydrogen) atoms. The van der Waals surface area contributed by atoms with Crippen LogP contribution >= 0.6 is 0 Å². The van der Waals surface area contributed by atoms with Gasteiger partial charge in [0.25, 0.3) is 5.91 Å². The lowest BCUT2D eigenvalue weighted by Crippen LogP contribution is -2.30. The fourth-order valence-corrected chi connectivity index (χ4v) is 6.06. The van der Waals surface area contributed by atoms with E-state index in [4.69, 9.17) is 20.2 Å². The molecule has 1 amide bonds. The number of fused-ring (bicyclic) bond motifs is 10. The molecule has 2 N–H and O–H groups in total. The van der Waals surface area contributed by atoms with Gasteiger partial charge in [0.1, 0.15) is 17.3 Å². The van der Waals surface area contributed by atoms with Gasteiger partial charge in [-0.1, -0.05) is 24.3 Å². The quantitative estimate of drug-likeness (QED) is 0.416. The van der Waals surface area contributed by atoms with Crippen LogP contribution in [-0.4, -0.2) is 40.6 Å². The van der Waals surface area contributed by atoms with Crippen LogP contribution in [0.3, 0.4) is 0 Å². The summed E-state index contributed by atoms with van der Waals surface area (Å²) in [4.78, 5) is 19.8. The van der Waals surface area contributed by atoms with E-state index in [9.17, 15) is 13.6 Å². The molecule has 0 radical (unpaired) electrons. The molecule has 3 aromatic carbocycles. The van der Waals surface area contributed by atoms with Crippen LogP contribution < -0.4 is 15.2 Å². The Morgan fingerprint density at radius 2 is 1.92 bits per heavy atom. The van der Waals surface area contributed by atoms with Gasteiger partial charge in [-0.3, -0.25) is 4.79 Å². The van der Waals surface area contributed by atoms with Gasteiger partial charge >= 0.3 is 6.61 Å². The zero-order valence-corrected chi connectivity index (χ0v) is 20.0. The molecule has 3 atom stereocenters. The summed E-state index contributed by atoms with van der Waals surface area (Å²) in [6, 6.07) is 16.2. The van der Waals surface area contributed by atoms with Crippen molar-refractivity contribution in [1.82, 2.24) is 14.5 Å². The molecule has 3 aliphatic rings. The van der Waals surface area contributed by atoms with Crippen LogP contribution in [0, 0.1) is 0 Å². The first-order valence-corrected chi connectivity index (χ1v) is 12.3. The maximum absolute atomic E-state index is 13.3. The number of hydrogen-bond donors (Lipinski definition) is 1. The van der Waals surface area contributed by atoms with E-state index in [2.05, 4.69) is 10.6 Å². The molecule has 0 fully saturated rings. The third kappa shape index (κ3) is 3.26. The highest BCUT2D eigenvalue weighted by atomic mass is 19.3. The highest BCUT2D eigenvalue weighted by molar-refractivity contribution is 5.98. The summed E-state index contributed by atoms with van der Waals surface area (Å²) in [5.41, 5.74) is 11.7. The van der Waals surface area contributed by atoms with Gasteiger partial charge in [0.15, 0.2) is 0 Å². The number of rotatable bonds is 3. The number of halogens is 2. The highest BCUT2D eigenvalue weighted by Gasteiger charge is 2.45. The second-order valence-electron chi connectivity index (χ2n) is 9.82. The van der Waals surface area contributed by atoms with Crippen LogP contribution in [0.15, 0.2) is 54.6 Å². The topological polar surface area (TPSA) is 82.6 Å². The first-order chi connectivity index (χ1) is 17.9. The first-order valence-electron chi connectivity index (χ1n) is 12.3. The molecule has 1 aromatic heterocycles. The first kappa shape index (κ1) is 22.2. The maximum Gasteiger partial charge on any atom is 0.387 e. The van der Waals surface area contributed by atoms with Crippen molar-refractivity contribution in [3.05, 3.63) is 77.1 Å². The van der Waals surface area contributed by atoms with Gasteiger partial charge < -0.3 is 24.7 Å². The zero-order chi connectivity index (χ0) is 25.4. The lowest BCUT2D eigenvalue weighted by atomic mass is 9.96. The largest absolute Gasteiger partial charge is 0.493 e. The van der Waals surface area contributed by atoms with Crippen molar-refractivity contribution >= 4 is 16.9 Å². The van der Waals surface area contributed by atoms with Gasteiger partial charge in [-0.25, -0.2) is 4.98 Å². The summed E-state index contributed by atoms with van der Waals surface area (Å²) in [5, 5.41) is 0. The van der Waals surface area contributed by atoms with E-state index in [1.165, 1.54) is 6.07 Å². The smallest absolute Gasteiger partial charge is 0.387 e. The van der Waals surface area contributed by atoms with Crippen molar-refractivity contribution in [2.75, 3.05) is 13.7 Å². The third-order valence-electron chi connectivity index (χ3n) is 7.84. The molecule has 4 aromatic rings. The third-order valence-corrected chi connectivity index (χ3v) is 7.84. The molecule has 4 heterocycles. The number of carbonyl (C=O) groups excluding carboxylic acids is 1. The molecule has 0 aliphatic carbocycles. The second-order valence-corrected chi connectivity index (χ2v) is 9.82. The minimum Gasteiger partial charge on any atom is -0.493 e. The summed E-state index contributed by atoms with van der Waals surface area (Å²) in [7, 11) is 1.73. The van der Waals surface area contributed by atoms with Crippen molar-refractivity contribution in [2.45, 2.75) is 37.6 Å². The predicted octanol–water partition coefficient (Wildman–Crippen LogP) is 5.21. The zero-order valence-electron chi connectivity index (χ0n) is 20.0. The number of imidazole rings is 1. The minimum atomic E-state index is -3.00. The Hall–Kier alpha value is -3.98. The molecule has 9 heteroatoms. The maximum atomic E-state index is 13.3. The van der Waals surface area contributed by atoms with Crippen LogP contribution in [0.1, 0.15) is 58.3 Å². The fraction of sp³-hybridized carbons (Fsp3) is 0.286. The van der Waals surface area contributed by atoms with Crippen LogP contribution in [0.2, 0.25) is 0 Å². The van der Waals surface area contributed by atoms with Gasteiger partial charge in [-0.2, -0.15) is 8.78 Å². The number of carbonyl (C=O) groups is 1. The predicted molar refractivity (Wildman–Crippen MR) is 133 cm³/mol. The average Bonchev–Trinajstić information content (AvgIpc) is 3.41. The Labute approximate surface area is 211 Å². The summed E-state index contributed by atoms with van der Waals surface area (Å²) >= 11 is 0. The molecule has 7 rings (SSSR count). The van der Waals surface area contributed by atoms with Crippen molar-refractivity contribution < 1.29 is 23.0 Å². The normalized spacial score (nSPS) is 21.9. The molecule has 188 valence electrons. The summed E-state index contributed by atoms with van der Waals surface area (Å²) in [5.74, 6) is 1.33. The van der Waals surface area contributed by atoms with E-state index in [1.807, 2.05) is 30.3 Å². The molecule has 0 unspecified atom stereocenters. The van der Waals surface area contributed by atoms with Crippen LogP contribution in [0.25, 0.3) is 22.2 Å². The SMILES string of the molecule is CN1C(=O)c2cccc(OC(F)F)c2[C@H]2C[C@@H]1c1nc3ccc(-c4ccc5c(c4)OCC[C@@H]5N)cc3n12. The van der Waals surface area contributed by atoms with Crippen molar-refractivity contribution in [3.63, 3.8) is 0 Å². The number of aromatic nitrogens is 2. The van der Waals surface area contributed by atoms with Crippen LogP contribution in [-0.2, 0) is 0 Å². The number of alkyl halides is 2. The Kier molecular flexibility index (Phi) is 4.81. The summed E-state index contributed by atoms with van der Waals surface area (Å²) in [6.45, 7) is -2.41. The fourth-order valence-electron chi connectivity index (χ4n) is 6.06. The number of nitrogens with two attached hydrogens (primary N) is 1. The Morgan fingerprint density at radius 3 is 2.76 bits per heavy atom. The molecule has 0 saturated heterocycles. The van der Waals surface area contributed by atoms with Gasteiger partial charge in [0.2, 0.25) is 0 Å². The molecule has 3 aliphatic heterocycles. The average molecular weight is 503 g/mol. The van der Waals surface area contributed by atoms with Gasteiger partial charge in [-0.15, -0.1) is 0 Å². The van der Waals surface area contributed by atoms with E-state index >= 15 is 0 Å². The number of nitrogens with zero attached hydrogens (tertiary/aromatic N) is 3. The van der Waals surface area contributed by atoms with Gasteiger partial charge in [0.05, 0.1) is 29.7 Å². The molecule has 7 nitrogen and oxygen atoms in total. The number of hydrogen-bond acceptors (Lipinski definition) is 5. The van der Waals surface area contributed by atoms with E-state index in [-0.39, 0.29) is 29.8 Å². The van der Waals surface area contributed by atoms with Crippen LogP contribution in [0.5, 0.6) is 11.5 Å². The minimum absolute atomic E-state index is 0.0222. The second kappa shape index (κ2) is 8.01. The number of benzene rings is 3. The number of ether oxygens (including phenoxy) is 2. The molecular weight excluding hydrogens is 478 g/mol. The van der Waals surface area contributed by atoms with Gasteiger partial charge in [0, 0.05) is 42.6 Å². The van der Waals surface area contributed by atoms with Crippen molar-refractivity contribution in [2.24, 2.45) is 5.73 Å².